The Labute approximate surface area is 98.6 Å². The zero-order chi connectivity index (χ0) is 11.3. The molecule has 1 atom stereocenters. The number of hydrogen-bond donors (Lipinski definition) is 0. The van der Waals surface area contributed by atoms with Gasteiger partial charge in [-0.1, -0.05) is 22.9 Å². The van der Waals surface area contributed by atoms with Crippen LogP contribution in [0.5, 0.6) is 0 Å². The second kappa shape index (κ2) is 6.18. The van der Waals surface area contributed by atoms with Crippen molar-refractivity contribution >= 4 is 15.9 Å². The van der Waals surface area contributed by atoms with Crippen molar-refractivity contribution in [3.05, 3.63) is 29.8 Å². The SMILES string of the molecule is CC(Br)CCN(C)Cc1cncc(F)c1. The fraction of sp³-hybridized carbons (Fsp3) is 0.545. The van der Waals surface area contributed by atoms with Gasteiger partial charge in [-0.15, -0.1) is 0 Å². The molecule has 1 aromatic heterocycles. The first kappa shape index (κ1) is 12.6. The Morgan fingerprint density at radius 1 is 1.53 bits per heavy atom. The summed E-state index contributed by atoms with van der Waals surface area (Å²) in [5.41, 5.74) is 0.916. The minimum atomic E-state index is -0.269. The van der Waals surface area contributed by atoms with Crippen molar-refractivity contribution in [3.63, 3.8) is 0 Å². The van der Waals surface area contributed by atoms with Crippen molar-refractivity contribution in [1.29, 1.82) is 0 Å². The third kappa shape index (κ3) is 5.23. The third-order valence-corrected chi connectivity index (χ3v) is 2.58. The van der Waals surface area contributed by atoms with Gasteiger partial charge < -0.3 is 4.90 Å². The molecule has 1 heterocycles. The van der Waals surface area contributed by atoms with Gasteiger partial charge in [0.05, 0.1) is 6.20 Å². The Balaban J connectivity index is 2.40. The van der Waals surface area contributed by atoms with E-state index in [1.807, 2.05) is 7.05 Å². The third-order valence-electron chi connectivity index (χ3n) is 2.12. The van der Waals surface area contributed by atoms with E-state index in [1.165, 1.54) is 12.3 Å². The molecule has 0 aliphatic heterocycles. The highest BCUT2D eigenvalue weighted by atomic mass is 79.9. The zero-order valence-corrected chi connectivity index (χ0v) is 10.7. The number of aromatic nitrogens is 1. The molecule has 1 unspecified atom stereocenters. The summed E-state index contributed by atoms with van der Waals surface area (Å²) in [5.74, 6) is -0.269. The Morgan fingerprint density at radius 3 is 2.87 bits per heavy atom. The molecule has 15 heavy (non-hydrogen) atoms. The molecular weight excluding hydrogens is 259 g/mol. The number of rotatable bonds is 5. The molecule has 84 valence electrons. The van der Waals surface area contributed by atoms with E-state index in [9.17, 15) is 4.39 Å². The first-order valence-corrected chi connectivity index (χ1v) is 5.91. The van der Waals surface area contributed by atoms with Crippen LogP contribution in [0.4, 0.5) is 4.39 Å². The molecule has 0 aromatic carbocycles. The summed E-state index contributed by atoms with van der Waals surface area (Å²) in [6.45, 7) is 3.85. The highest BCUT2D eigenvalue weighted by Gasteiger charge is 2.03. The van der Waals surface area contributed by atoms with Gasteiger partial charge >= 0.3 is 0 Å². The maximum atomic E-state index is 12.8. The van der Waals surface area contributed by atoms with E-state index in [0.717, 1.165) is 25.1 Å². The average molecular weight is 275 g/mol. The van der Waals surface area contributed by atoms with Crippen molar-refractivity contribution in [2.24, 2.45) is 0 Å². The van der Waals surface area contributed by atoms with Crippen LogP contribution < -0.4 is 0 Å². The standard InChI is InChI=1S/C11H16BrFN2/c1-9(12)3-4-15(2)8-10-5-11(13)7-14-6-10/h5-7,9H,3-4,8H2,1-2H3. The predicted octanol–water partition coefficient (Wildman–Crippen LogP) is 2.83. The van der Waals surface area contributed by atoms with Gasteiger partial charge in [-0.05, 0) is 31.6 Å². The van der Waals surface area contributed by atoms with Gasteiger partial charge in [-0.2, -0.15) is 0 Å². The molecule has 0 amide bonds. The lowest BCUT2D eigenvalue weighted by Gasteiger charge is -2.17. The van der Waals surface area contributed by atoms with Crippen LogP contribution in [0.3, 0.4) is 0 Å². The Morgan fingerprint density at radius 2 is 2.27 bits per heavy atom. The summed E-state index contributed by atoms with van der Waals surface area (Å²) in [6.07, 6.45) is 4.01. The number of pyridine rings is 1. The van der Waals surface area contributed by atoms with Crippen LogP contribution in [0.2, 0.25) is 0 Å². The maximum Gasteiger partial charge on any atom is 0.141 e. The van der Waals surface area contributed by atoms with Crippen LogP contribution in [0.25, 0.3) is 0 Å². The molecule has 4 heteroatoms. The van der Waals surface area contributed by atoms with Crippen LogP contribution >= 0.6 is 15.9 Å². The van der Waals surface area contributed by atoms with Crippen LogP contribution in [-0.4, -0.2) is 28.3 Å². The number of halogens is 2. The Kier molecular flexibility index (Phi) is 5.19. The Hall–Kier alpha value is -0.480. The van der Waals surface area contributed by atoms with E-state index < -0.39 is 0 Å². The van der Waals surface area contributed by atoms with E-state index in [2.05, 4.69) is 32.7 Å². The molecule has 0 fully saturated rings. The molecule has 2 nitrogen and oxygen atoms in total. The second-order valence-corrected chi connectivity index (χ2v) is 5.38. The monoisotopic (exact) mass is 274 g/mol. The van der Waals surface area contributed by atoms with Gasteiger partial charge in [0, 0.05) is 17.6 Å². The Bertz CT molecular complexity index is 304. The van der Waals surface area contributed by atoms with Crippen LogP contribution in [0.15, 0.2) is 18.5 Å². The van der Waals surface area contributed by atoms with Crippen LogP contribution in [0, 0.1) is 5.82 Å². The molecule has 0 saturated carbocycles. The minimum Gasteiger partial charge on any atom is -0.302 e. The van der Waals surface area contributed by atoms with Crippen LogP contribution in [0.1, 0.15) is 18.9 Å². The number of hydrogen-bond acceptors (Lipinski definition) is 2. The molecule has 1 aromatic rings. The normalized spacial score (nSPS) is 13.1. The minimum absolute atomic E-state index is 0.269. The van der Waals surface area contributed by atoms with Gasteiger partial charge in [0.2, 0.25) is 0 Å². The van der Waals surface area contributed by atoms with E-state index in [-0.39, 0.29) is 5.82 Å². The lowest BCUT2D eigenvalue weighted by atomic mass is 10.2. The summed E-state index contributed by atoms with van der Waals surface area (Å²) < 4.78 is 12.8. The highest BCUT2D eigenvalue weighted by molar-refractivity contribution is 9.09. The summed E-state index contributed by atoms with van der Waals surface area (Å²) in [7, 11) is 2.03. The molecule has 0 N–H and O–H groups in total. The molecule has 0 spiro atoms. The van der Waals surface area contributed by atoms with Crippen molar-refractivity contribution in [3.8, 4) is 0 Å². The predicted molar refractivity (Wildman–Crippen MR) is 63.5 cm³/mol. The quantitative estimate of drug-likeness (QED) is 0.768. The second-order valence-electron chi connectivity index (χ2n) is 3.82. The zero-order valence-electron chi connectivity index (χ0n) is 9.08. The lowest BCUT2D eigenvalue weighted by Crippen LogP contribution is -2.20. The van der Waals surface area contributed by atoms with E-state index in [1.54, 1.807) is 6.20 Å². The summed E-state index contributed by atoms with van der Waals surface area (Å²) in [4.78, 5) is 6.50. The fourth-order valence-corrected chi connectivity index (χ4v) is 1.54. The van der Waals surface area contributed by atoms with Gasteiger partial charge in [0.1, 0.15) is 5.82 Å². The van der Waals surface area contributed by atoms with Gasteiger partial charge in [0.15, 0.2) is 0 Å². The van der Waals surface area contributed by atoms with Crippen molar-refractivity contribution in [1.82, 2.24) is 9.88 Å². The van der Waals surface area contributed by atoms with Crippen molar-refractivity contribution in [2.75, 3.05) is 13.6 Å². The molecule has 0 aliphatic carbocycles. The largest absolute Gasteiger partial charge is 0.302 e. The molecule has 0 bridgehead atoms. The van der Waals surface area contributed by atoms with E-state index in [0.29, 0.717) is 4.83 Å². The van der Waals surface area contributed by atoms with Gasteiger partial charge in [-0.3, -0.25) is 4.98 Å². The van der Waals surface area contributed by atoms with E-state index in [4.69, 9.17) is 0 Å². The number of alkyl halides is 1. The van der Waals surface area contributed by atoms with Gasteiger partial charge in [0.25, 0.3) is 0 Å². The molecule has 1 rings (SSSR count). The fourth-order valence-electron chi connectivity index (χ4n) is 1.33. The topological polar surface area (TPSA) is 16.1 Å². The molecule has 0 saturated heterocycles. The smallest absolute Gasteiger partial charge is 0.141 e. The van der Waals surface area contributed by atoms with E-state index >= 15 is 0 Å². The molecular formula is C11H16BrFN2. The van der Waals surface area contributed by atoms with Crippen molar-refractivity contribution < 1.29 is 4.39 Å². The average Bonchev–Trinajstić information content (AvgIpc) is 2.15. The summed E-state index contributed by atoms with van der Waals surface area (Å²) in [6, 6.07) is 1.53. The first-order valence-electron chi connectivity index (χ1n) is 5.00. The first-order chi connectivity index (χ1) is 7.08. The lowest BCUT2D eigenvalue weighted by molar-refractivity contribution is 0.322. The van der Waals surface area contributed by atoms with Gasteiger partial charge in [-0.25, -0.2) is 4.39 Å². The van der Waals surface area contributed by atoms with Crippen molar-refractivity contribution in [2.45, 2.75) is 24.7 Å². The molecule has 0 aliphatic rings. The van der Waals surface area contributed by atoms with Crippen LogP contribution in [-0.2, 0) is 6.54 Å². The summed E-state index contributed by atoms with van der Waals surface area (Å²) >= 11 is 3.50. The highest BCUT2D eigenvalue weighted by Crippen LogP contribution is 2.07. The maximum absolute atomic E-state index is 12.8. The summed E-state index contributed by atoms with van der Waals surface area (Å²) in [5, 5.41) is 0. The number of nitrogens with zero attached hydrogens (tertiary/aromatic N) is 2. The molecule has 0 radical (unpaired) electrons.